The van der Waals surface area contributed by atoms with E-state index in [-0.39, 0.29) is 6.61 Å². The molecule has 0 amide bonds. The maximum Gasteiger partial charge on any atom is 0.341 e. The van der Waals surface area contributed by atoms with Crippen LogP contribution in [0.4, 0.5) is 0 Å². The van der Waals surface area contributed by atoms with Crippen LogP contribution >= 0.6 is 15.9 Å². The van der Waals surface area contributed by atoms with E-state index in [1.54, 1.807) is 12.1 Å². The second kappa shape index (κ2) is 10.1. The molecule has 3 rings (SSSR count). The SMILES string of the molecule is Cc1ccc(/C(=C\COc2ccc(OCC(=O)O)c(C)c2)c2ccc(Br)cc2)cc1. The van der Waals surface area contributed by atoms with Crippen molar-refractivity contribution in [3.05, 3.63) is 99.5 Å². The highest BCUT2D eigenvalue weighted by Gasteiger charge is 2.07. The number of hydrogen-bond acceptors (Lipinski definition) is 3. The van der Waals surface area contributed by atoms with Crippen molar-refractivity contribution in [2.45, 2.75) is 13.8 Å². The highest BCUT2D eigenvalue weighted by molar-refractivity contribution is 9.10. The zero-order chi connectivity index (χ0) is 21.5. The predicted molar refractivity (Wildman–Crippen MR) is 122 cm³/mol. The van der Waals surface area contributed by atoms with Gasteiger partial charge in [-0.1, -0.05) is 57.9 Å². The van der Waals surface area contributed by atoms with Gasteiger partial charge in [0.25, 0.3) is 0 Å². The third kappa shape index (κ3) is 5.97. The fourth-order valence-corrected chi connectivity index (χ4v) is 3.26. The highest BCUT2D eigenvalue weighted by atomic mass is 79.9. The van der Waals surface area contributed by atoms with Crippen molar-refractivity contribution < 1.29 is 19.4 Å². The summed E-state index contributed by atoms with van der Waals surface area (Å²) >= 11 is 3.49. The Kier molecular flexibility index (Phi) is 7.31. The molecule has 0 saturated heterocycles. The minimum absolute atomic E-state index is 0.364. The molecule has 0 spiro atoms. The highest BCUT2D eigenvalue weighted by Crippen LogP contribution is 2.27. The average molecular weight is 467 g/mol. The van der Waals surface area contributed by atoms with E-state index < -0.39 is 5.97 Å². The molecule has 154 valence electrons. The van der Waals surface area contributed by atoms with E-state index in [2.05, 4.69) is 65.3 Å². The van der Waals surface area contributed by atoms with Gasteiger partial charge in [-0.05, 0) is 72.5 Å². The molecule has 0 unspecified atom stereocenters. The number of hydrogen-bond donors (Lipinski definition) is 1. The van der Waals surface area contributed by atoms with Crippen LogP contribution in [-0.2, 0) is 4.79 Å². The number of benzene rings is 3. The van der Waals surface area contributed by atoms with Gasteiger partial charge in [-0.25, -0.2) is 4.79 Å². The van der Waals surface area contributed by atoms with Crippen LogP contribution in [0.15, 0.2) is 77.3 Å². The van der Waals surface area contributed by atoms with Crippen LogP contribution in [-0.4, -0.2) is 24.3 Å². The molecule has 0 aliphatic heterocycles. The Labute approximate surface area is 184 Å². The molecule has 3 aromatic rings. The third-order valence-corrected chi connectivity index (χ3v) is 5.08. The lowest BCUT2D eigenvalue weighted by Gasteiger charge is -2.12. The first-order valence-corrected chi connectivity index (χ1v) is 10.3. The lowest BCUT2D eigenvalue weighted by atomic mass is 9.97. The smallest absolute Gasteiger partial charge is 0.341 e. The molecule has 0 aromatic heterocycles. The summed E-state index contributed by atoms with van der Waals surface area (Å²) in [6.07, 6.45) is 2.07. The zero-order valence-corrected chi connectivity index (χ0v) is 18.5. The van der Waals surface area contributed by atoms with Crippen LogP contribution in [0.25, 0.3) is 5.57 Å². The van der Waals surface area contributed by atoms with E-state index in [1.165, 1.54) is 5.56 Å². The van der Waals surface area contributed by atoms with Crippen LogP contribution in [0.3, 0.4) is 0 Å². The van der Waals surface area contributed by atoms with Gasteiger partial charge in [-0.15, -0.1) is 0 Å². The second-order valence-electron chi connectivity index (χ2n) is 6.91. The first-order valence-electron chi connectivity index (χ1n) is 9.53. The van der Waals surface area contributed by atoms with Crippen molar-refractivity contribution in [2.24, 2.45) is 0 Å². The van der Waals surface area contributed by atoms with E-state index in [0.29, 0.717) is 18.1 Å². The van der Waals surface area contributed by atoms with Gasteiger partial charge in [-0.3, -0.25) is 0 Å². The summed E-state index contributed by atoms with van der Waals surface area (Å²) in [5.74, 6) is 0.234. The Bertz CT molecular complexity index is 990. The Morgan fingerprint density at radius 2 is 1.57 bits per heavy atom. The van der Waals surface area contributed by atoms with E-state index in [9.17, 15) is 4.79 Å². The molecule has 0 heterocycles. The molecule has 0 radical (unpaired) electrons. The number of carbonyl (C=O) groups is 1. The van der Waals surface area contributed by atoms with Crippen molar-refractivity contribution in [1.29, 1.82) is 0 Å². The summed E-state index contributed by atoms with van der Waals surface area (Å²) in [7, 11) is 0. The molecule has 5 heteroatoms. The third-order valence-electron chi connectivity index (χ3n) is 4.55. The summed E-state index contributed by atoms with van der Waals surface area (Å²) < 4.78 is 12.2. The minimum Gasteiger partial charge on any atom is -0.489 e. The Morgan fingerprint density at radius 3 is 2.17 bits per heavy atom. The quantitative estimate of drug-likeness (QED) is 0.439. The van der Waals surface area contributed by atoms with Gasteiger partial charge >= 0.3 is 5.97 Å². The number of aliphatic carboxylic acids is 1. The second-order valence-corrected chi connectivity index (χ2v) is 7.83. The fourth-order valence-electron chi connectivity index (χ4n) is 3.00. The van der Waals surface area contributed by atoms with E-state index in [0.717, 1.165) is 26.7 Å². The number of carboxylic acids is 1. The van der Waals surface area contributed by atoms with Crippen molar-refractivity contribution in [2.75, 3.05) is 13.2 Å². The van der Waals surface area contributed by atoms with Crippen molar-refractivity contribution in [3.63, 3.8) is 0 Å². The molecule has 30 heavy (non-hydrogen) atoms. The molecule has 0 bridgehead atoms. The molecule has 0 fully saturated rings. The summed E-state index contributed by atoms with van der Waals surface area (Å²) in [5.41, 5.74) is 5.37. The number of halogens is 1. The first kappa shape index (κ1) is 21.7. The summed E-state index contributed by atoms with van der Waals surface area (Å²) in [6, 6.07) is 22.0. The lowest BCUT2D eigenvalue weighted by molar-refractivity contribution is -0.139. The van der Waals surface area contributed by atoms with Gasteiger partial charge in [-0.2, -0.15) is 0 Å². The van der Waals surface area contributed by atoms with Crippen LogP contribution in [0.5, 0.6) is 11.5 Å². The van der Waals surface area contributed by atoms with E-state index in [4.69, 9.17) is 14.6 Å². The lowest BCUT2D eigenvalue weighted by Crippen LogP contribution is -2.10. The van der Waals surface area contributed by atoms with Crippen molar-refractivity contribution in [3.8, 4) is 11.5 Å². The monoisotopic (exact) mass is 466 g/mol. The summed E-state index contributed by atoms with van der Waals surface area (Å²) in [6.45, 7) is 3.96. The molecule has 0 aliphatic rings. The molecular weight excluding hydrogens is 444 g/mol. The summed E-state index contributed by atoms with van der Waals surface area (Å²) in [5, 5.41) is 8.75. The van der Waals surface area contributed by atoms with Gasteiger partial charge in [0.05, 0.1) is 0 Å². The number of carboxylic acid groups (broad SMARTS) is 1. The summed E-state index contributed by atoms with van der Waals surface area (Å²) in [4.78, 5) is 10.7. The van der Waals surface area contributed by atoms with Crippen LogP contribution in [0.1, 0.15) is 22.3 Å². The number of aryl methyl sites for hydroxylation is 2. The van der Waals surface area contributed by atoms with Crippen LogP contribution in [0.2, 0.25) is 0 Å². The Morgan fingerprint density at radius 1 is 0.933 bits per heavy atom. The van der Waals surface area contributed by atoms with Crippen molar-refractivity contribution in [1.82, 2.24) is 0 Å². The molecule has 4 nitrogen and oxygen atoms in total. The molecule has 1 N–H and O–H groups in total. The van der Waals surface area contributed by atoms with Crippen LogP contribution < -0.4 is 9.47 Å². The van der Waals surface area contributed by atoms with Gasteiger partial charge in [0.15, 0.2) is 6.61 Å². The van der Waals surface area contributed by atoms with Crippen LogP contribution in [0, 0.1) is 13.8 Å². The largest absolute Gasteiger partial charge is 0.489 e. The number of rotatable bonds is 8. The fraction of sp³-hybridized carbons (Fsp3) is 0.160. The maximum absolute atomic E-state index is 10.7. The Balaban J connectivity index is 1.77. The van der Waals surface area contributed by atoms with Gasteiger partial charge in [0, 0.05) is 4.47 Å². The molecule has 0 atom stereocenters. The minimum atomic E-state index is -1.00. The van der Waals surface area contributed by atoms with E-state index in [1.807, 2.05) is 25.1 Å². The molecule has 0 saturated carbocycles. The standard InChI is InChI=1S/C25H23BrO4/c1-17-3-5-19(6-4-17)23(20-7-9-21(26)10-8-20)13-14-29-22-11-12-24(18(2)15-22)30-16-25(27)28/h3-13,15H,14,16H2,1-2H3,(H,27,28)/b23-13+. The predicted octanol–water partition coefficient (Wildman–Crippen LogP) is 6.04. The topological polar surface area (TPSA) is 55.8 Å². The van der Waals surface area contributed by atoms with E-state index >= 15 is 0 Å². The van der Waals surface area contributed by atoms with Gasteiger partial charge in [0.1, 0.15) is 18.1 Å². The average Bonchev–Trinajstić information content (AvgIpc) is 2.72. The van der Waals surface area contributed by atoms with Crippen molar-refractivity contribution >= 4 is 27.5 Å². The normalized spacial score (nSPS) is 11.2. The Hall–Kier alpha value is -3.05. The molecule has 0 aliphatic carbocycles. The maximum atomic E-state index is 10.7. The zero-order valence-electron chi connectivity index (χ0n) is 16.9. The van der Waals surface area contributed by atoms with Gasteiger partial charge in [0.2, 0.25) is 0 Å². The first-order chi connectivity index (χ1) is 14.4. The van der Waals surface area contributed by atoms with Gasteiger partial charge < -0.3 is 14.6 Å². The molecule has 3 aromatic carbocycles. The number of ether oxygens (including phenoxy) is 2. The molecular formula is C25H23BrO4.